The summed E-state index contributed by atoms with van der Waals surface area (Å²) in [5, 5.41) is 11.8. The Labute approximate surface area is 78.0 Å². The van der Waals surface area contributed by atoms with Gasteiger partial charge in [-0.05, 0) is 18.1 Å². The minimum atomic E-state index is -0.794. The Kier molecular flexibility index (Phi) is 3.44. The largest absolute Gasteiger partial charge is 0.365 e. The molecule has 1 rings (SSSR count). The molecule has 1 aromatic rings. The number of nitrogens with one attached hydrogen (secondary N) is 1. The van der Waals surface area contributed by atoms with Crippen molar-refractivity contribution in [2.75, 3.05) is 5.32 Å². The zero-order chi connectivity index (χ0) is 8.97. The fourth-order valence-corrected chi connectivity index (χ4v) is 1.25. The molecule has 0 heterocycles. The van der Waals surface area contributed by atoms with Gasteiger partial charge in [-0.3, -0.25) is 0 Å². The van der Waals surface area contributed by atoms with Gasteiger partial charge in [-0.2, -0.15) is 0 Å². The molecule has 66 valence electrons. The van der Waals surface area contributed by atoms with Crippen molar-refractivity contribution in [2.45, 2.75) is 18.9 Å². The Hall–Kier alpha value is -0.670. The molecule has 0 aliphatic rings. The third-order valence-corrected chi connectivity index (χ3v) is 1.81. The van der Waals surface area contributed by atoms with E-state index in [4.69, 9.17) is 5.11 Å². The molecule has 2 N–H and O–H groups in total. The zero-order valence-corrected chi connectivity index (χ0v) is 7.88. The van der Waals surface area contributed by atoms with Crippen molar-refractivity contribution in [1.29, 1.82) is 0 Å². The maximum atomic E-state index is 8.98. The first-order valence-corrected chi connectivity index (χ1v) is 4.46. The van der Waals surface area contributed by atoms with Crippen LogP contribution in [0.5, 0.6) is 0 Å². The van der Waals surface area contributed by atoms with E-state index >= 15 is 0 Å². The van der Waals surface area contributed by atoms with Crippen molar-refractivity contribution in [3.8, 4) is 0 Å². The number of hydrogen-bond acceptors (Lipinski definition) is 3. The maximum Gasteiger partial charge on any atom is 0.170 e. The van der Waals surface area contributed by atoms with E-state index in [1.54, 1.807) is 0 Å². The summed E-state index contributed by atoms with van der Waals surface area (Å²) >= 11 is 3.84. The molecule has 12 heavy (non-hydrogen) atoms. The Morgan fingerprint density at radius 1 is 1.50 bits per heavy atom. The molecule has 0 spiro atoms. The van der Waals surface area contributed by atoms with Crippen LogP contribution < -0.4 is 5.32 Å². The monoisotopic (exact) mass is 183 g/mol. The Morgan fingerprint density at radius 3 is 2.75 bits per heavy atom. The number of benzene rings is 1. The first-order chi connectivity index (χ1) is 5.74. The number of anilines is 1. The van der Waals surface area contributed by atoms with Crippen molar-refractivity contribution >= 4 is 18.3 Å². The molecule has 3 heteroatoms. The predicted octanol–water partition coefficient (Wildman–Crippen LogP) is 1.87. The van der Waals surface area contributed by atoms with Crippen LogP contribution in [-0.4, -0.2) is 10.7 Å². The van der Waals surface area contributed by atoms with Gasteiger partial charge in [0, 0.05) is 5.69 Å². The predicted molar refractivity (Wildman–Crippen MR) is 54.4 cm³/mol. The van der Waals surface area contributed by atoms with Gasteiger partial charge in [0.25, 0.3) is 0 Å². The lowest BCUT2D eigenvalue weighted by atomic mass is 10.1. The topological polar surface area (TPSA) is 32.3 Å². The van der Waals surface area contributed by atoms with Crippen molar-refractivity contribution in [2.24, 2.45) is 0 Å². The summed E-state index contributed by atoms with van der Waals surface area (Å²) in [5.74, 6) is 0. The number of aliphatic hydroxyl groups is 1. The first-order valence-electron chi connectivity index (χ1n) is 3.94. The van der Waals surface area contributed by atoms with E-state index in [1.807, 2.05) is 24.3 Å². The summed E-state index contributed by atoms with van der Waals surface area (Å²) < 4.78 is 0. The van der Waals surface area contributed by atoms with Crippen molar-refractivity contribution in [1.82, 2.24) is 0 Å². The van der Waals surface area contributed by atoms with Crippen LogP contribution in [0.1, 0.15) is 12.5 Å². The van der Waals surface area contributed by atoms with Crippen LogP contribution >= 0.6 is 12.6 Å². The highest BCUT2D eigenvalue weighted by atomic mass is 32.1. The third-order valence-electron chi connectivity index (χ3n) is 1.68. The van der Waals surface area contributed by atoms with Gasteiger partial charge >= 0.3 is 0 Å². The van der Waals surface area contributed by atoms with Crippen LogP contribution in [0.4, 0.5) is 5.69 Å². The van der Waals surface area contributed by atoms with Crippen LogP contribution in [-0.2, 0) is 6.42 Å². The van der Waals surface area contributed by atoms with Gasteiger partial charge in [-0.25, -0.2) is 0 Å². The van der Waals surface area contributed by atoms with Crippen LogP contribution in [0, 0.1) is 0 Å². The van der Waals surface area contributed by atoms with Crippen molar-refractivity contribution in [3.63, 3.8) is 0 Å². The van der Waals surface area contributed by atoms with Crippen LogP contribution in [0.15, 0.2) is 24.3 Å². The summed E-state index contributed by atoms with van der Waals surface area (Å²) in [5.41, 5.74) is 1.34. The second-order valence-corrected chi connectivity index (χ2v) is 3.02. The minimum absolute atomic E-state index is 0.794. The third kappa shape index (κ3) is 2.43. The van der Waals surface area contributed by atoms with Gasteiger partial charge < -0.3 is 10.4 Å². The lowest BCUT2D eigenvalue weighted by Crippen LogP contribution is -2.11. The van der Waals surface area contributed by atoms with E-state index in [2.05, 4.69) is 24.9 Å². The summed E-state index contributed by atoms with van der Waals surface area (Å²) in [6.07, 6.45) is 0.948. The maximum absolute atomic E-state index is 8.98. The van der Waals surface area contributed by atoms with E-state index in [0.29, 0.717) is 0 Å². The fourth-order valence-electron chi connectivity index (χ4n) is 1.11. The van der Waals surface area contributed by atoms with Crippen molar-refractivity contribution in [3.05, 3.63) is 29.8 Å². The average Bonchev–Trinajstić information content (AvgIpc) is 2.04. The molecular weight excluding hydrogens is 170 g/mol. The van der Waals surface area contributed by atoms with Crippen LogP contribution in [0.2, 0.25) is 0 Å². The molecule has 0 bridgehead atoms. The molecule has 1 atom stereocenters. The Bertz CT molecular complexity index is 250. The summed E-state index contributed by atoms with van der Waals surface area (Å²) in [7, 11) is 0. The standard InChI is InChI=1S/C9H13NOS/c1-2-7-5-3-4-6-8(7)10-9(11)12/h3-6,9-12H,2H2,1H3. The first kappa shape index (κ1) is 9.42. The van der Waals surface area contributed by atoms with Gasteiger partial charge in [0.15, 0.2) is 5.56 Å². The summed E-state index contributed by atoms with van der Waals surface area (Å²) in [4.78, 5) is 0. The molecule has 1 unspecified atom stereocenters. The molecule has 0 fully saturated rings. The number of hydrogen-bond donors (Lipinski definition) is 3. The Balaban J connectivity index is 2.82. The zero-order valence-electron chi connectivity index (χ0n) is 6.99. The second kappa shape index (κ2) is 4.38. The fraction of sp³-hybridized carbons (Fsp3) is 0.333. The molecule has 0 saturated carbocycles. The average molecular weight is 183 g/mol. The molecule has 0 amide bonds. The highest BCUT2D eigenvalue weighted by molar-refractivity contribution is 7.80. The van der Waals surface area contributed by atoms with E-state index in [0.717, 1.165) is 12.1 Å². The summed E-state index contributed by atoms with van der Waals surface area (Å²) in [6, 6.07) is 7.86. The van der Waals surface area contributed by atoms with Gasteiger partial charge in [0.05, 0.1) is 0 Å². The number of para-hydroxylation sites is 1. The molecule has 1 aromatic carbocycles. The van der Waals surface area contributed by atoms with Crippen molar-refractivity contribution < 1.29 is 5.11 Å². The number of thiol groups is 1. The van der Waals surface area contributed by atoms with Crippen LogP contribution in [0.3, 0.4) is 0 Å². The highest BCUT2D eigenvalue weighted by Gasteiger charge is 2.00. The quantitative estimate of drug-likeness (QED) is 0.494. The molecule has 0 aliphatic heterocycles. The van der Waals surface area contributed by atoms with E-state index in [1.165, 1.54) is 5.56 Å². The molecular formula is C9H13NOS. The Morgan fingerprint density at radius 2 is 2.17 bits per heavy atom. The number of aliphatic hydroxyl groups excluding tert-OH is 1. The smallest absolute Gasteiger partial charge is 0.170 e. The van der Waals surface area contributed by atoms with E-state index < -0.39 is 5.56 Å². The normalized spacial score (nSPS) is 12.6. The number of aryl methyl sites for hydroxylation is 1. The SMILES string of the molecule is CCc1ccccc1NC(O)S. The summed E-state index contributed by atoms with van der Waals surface area (Å²) in [6.45, 7) is 2.07. The molecule has 0 radical (unpaired) electrons. The van der Waals surface area contributed by atoms with Gasteiger partial charge in [0.2, 0.25) is 0 Å². The van der Waals surface area contributed by atoms with Crippen LogP contribution in [0.25, 0.3) is 0 Å². The van der Waals surface area contributed by atoms with Gasteiger partial charge in [-0.15, -0.1) is 12.6 Å². The number of rotatable bonds is 3. The lowest BCUT2D eigenvalue weighted by molar-refractivity contribution is 0.294. The molecule has 0 saturated heterocycles. The molecule has 0 aromatic heterocycles. The van der Waals surface area contributed by atoms with Gasteiger partial charge in [0.1, 0.15) is 0 Å². The second-order valence-electron chi connectivity index (χ2n) is 2.53. The highest BCUT2D eigenvalue weighted by Crippen LogP contribution is 2.16. The van der Waals surface area contributed by atoms with E-state index in [-0.39, 0.29) is 0 Å². The lowest BCUT2D eigenvalue weighted by Gasteiger charge is -2.11. The van der Waals surface area contributed by atoms with E-state index in [9.17, 15) is 0 Å². The minimum Gasteiger partial charge on any atom is -0.365 e. The van der Waals surface area contributed by atoms with Gasteiger partial charge in [-0.1, -0.05) is 25.1 Å². The molecule has 0 aliphatic carbocycles. The molecule has 2 nitrogen and oxygen atoms in total.